The summed E-state index contributed by atoms with van der Waals surface area (Å²) >= 11 is 6.23. The van der Waals surface area contributed by atoms with Crippen LogP contribution in [0.25, 0.3) is 11.0 Å². The third-order valence-corrected chi connectivity index (χ3v) is 5.98. The zero-order chi connectivity index (χ0) is 20.5. The fourth-order valence-corrected chi connectivity index (χ4v) is 4.30. The SMILES string of the molecule is CC[NH+](CC)CCN1C(=O)c2oc3ccccc3c(=O)c2[C@@H]1c1cccc(Cl)c1. The van der Waals surface area contributed by atoms with Gasteiger partial charge in [-0.1, -0.05) is 35.9 Å². The second kappa shape index (κ2) is 8.01. The maximum absolute atomic E-state index is 13.4. The number of hydrogen-bond acceptors (Lipinski definition) is 3. The first kappa shape index (κ1) is 19.7. The van der Waals surface area contributed by atoms with Gasteiger partial charge in [0.05, 0.1) is 43.2 Å². The van der Waals surface area contributed by atoms with Crippen LogP contribution in [0.1, 0.15) is 41.6 Å². The molecule has 0 unspecified atom stereocenters. The highest BCUT2D eigenvalue weighted by molar-refractivity contribution is 6.30. The Morgan fingerprint density at radius 1 is 1.07 bits per heavy atom. The third-order valence-electron chi connectivity index (χ3n) is 5.74. The third kappa shape index (κ3) is 3.45. The Morgan fingerprint density at radius 2 is 1.83 bits per heavy atom. The van der Waals surface area contributed by atoms with Gasteiger partial charge >= 0.3 is 0 Å². The fourth-order valence-electron chi connectivity index (χ4n) is 4.10. The quantitative estimate of drug-likeness (QED) is 0.678. The molecule has 3 aromatic rings. The van der Waals surface area contributed by atoms with Gasteiger partial charge in [-0.25, -0.2) is 0 Å². The molecule has 0 aliphatic carbocycles. The summed E-state index contributed by atoms with van der Waals surface area (Å²) in [6.07, 6.45) is 0. The normalized spacial score (nSPS) is 16.1. The maximum Gasteiger partial charge on any atom is 0.291 e. The molecule has 1 amide bonds. The van der Waals surface area contributed by atoms with Gasteiger partial charge < -0.3 is 14.2 Å². The molecule has 0 radical (unpaired) electrons. The number of fused-ring (bicyclic) bond motifs is 2. The number of carbonyl (C=O) groups is 1. The van der Waals surface area contributed by atoms with Gasteiger partial charge in [0.15, 0.2) is 5.43 Å². The van der Waals surface area contributed by atoms with Crippen LogP contribution >= 0.6 is 11.6 Å². The van der Waals surface area contributed by atoms with Crippen LogP contribution in [0, 0.1) is 0 Å². The van der Waals surface area contributed by atoms with Crippen molar-refractivity contribution in [2.75, 3.05) is 26.2 Å². The Labute approximate surface area is 174 Å². The lowest BCUT2D eigenvalue weighted by atomic mass is 9.98. The average Bonchev–Trinajstić information content (AvgIpc) is 3.01. The summed E-state index contributed by atoms with van der Waals surface area (Å²) < 4.78 is 5.94. The minimum atomic E-state index is -0.494. The van der Waals surface area contributed by atoms with Crippen molar-refractivity contribution in [3.63, 3.8) is 0 Å². The first-order valence-corrected chi connectivity index (χ1v) is 10.4. The first-order valence-electron chi connectivity index (χ1n) is 10.0. The molecule has 0 saturated heterocycles. The Balaban J connectivity index is 1.87. The molecule has 150 valence electrons. The number of rotatable bonds is 6. The monoisotopic (exact) mass is 411 g/mol. The summed E-state index contributed by atoms with van der Waals surface area (Å²) in [6.45, 7) is 7.56. The van der Waals surface area contributed by atoms with Crippen LogP contribution < -0.4 is 10.3 Å². The van der Waals surface area contributed by atoms with E-state index in [-0.39, 0.29) is 17.1 Å². The molecule has 0 spiro atoms. The number of para-hydroxylation sites is 1. The molecule has 1 N–H and O–H groups in total. The van der Waals surface area contributed by atoms with Crippen molar-refractivity contribution < 1.29 is 14.1 Å². The van der Waals surface area contributed by atoms with Gasteiger partial charge in [-0.15, -0.1) is 0 Å². The highest BCUT2D eigenvalue weighted by Gasteiger charge is 2.42. The highest BCUT2D eigenvalue weighted by atomic mass is 35.5. The second-order valence-electron chi connectivity index (χ2n) is 7.33. The lowest BCUT2D eigenvalue weighted by Crippen LogP contribution is -3.12. The number of amides is 1. The van der Waals surface area contributed by atoms with E-state index in [1.165, 1.54) is 4.90 Å². The molecule has 4 rings (SSSR count). The summed E-state index contributed by atoms with van der Waals surface area (Å²) in [7, 11) is 0. The van der Waals surface area contributed by atoms with Crippen LogP contribution in [0.2, 0.25) is 5.02 Å². The zero-order valence-electron chi connectivity index (χ0n) is 16.6. The molecular formula is C23H24ClN2O3+. The summed E-state index contributed by atoms with van der Waals surface area (Å²) in [4.78, 5) is 29.8. The van der Waals surface area contributed by atoms with Crippen molar-refractivity contribution in [3.8, 4) is 0 Å². The van der Waals surface area contributed by atoms with E-state index in [9.17, 15) is 9.59 Å². The average molecular weight is 412 g/mol. The predicted molar refractivity (Wildman–Crippen MR) is 114 cm³/mol. The summed E-state index contributed by atoms with van der Waals surface area (Å²) in [5.74, 6) is -0.0902. The second-order valence-corrected chi connectivity index (χ2v) is 7.77. The smallest absolute Gasteiger partial charge is 0.291 e. The van der Waals surface area contributed by atoms with Gasteiger partial charge in [0.1, 0.15) is 5.58 Å². The minimum Gasteiger partial charge on any atom is -0.450 e. The van der Waals surface area contributed by atoms with Crippen molar-refractivity contribution >= 4 is 28.5 Å². The molecule has 0 saturated carbocycles. The van der Waals surface area contributed by atoms with Crippen LogP contribution in [0.3, 0.4) is 0 Å². The lowest BCUT2D eigenvalue weighted by molar-refractivity contribution is -0.895. The standard InChI is InChI=1S/C23H23ClN2O3/c1-3-25(4-2)12-13-26-20(15-8-7-9-16(24)14-15)19-21(27)17-10-5-6-11-18(17)29-22(19)23(26)28/h5-11,14,20H,3-4,12-13H2,1-2H3/p+1/t20-/m0/s1. The zero-order valence-corrected chi connectivity index (χ0v) is 17.3. The summed E-state index contributed by atoms with van der Waals surface area (Å²) in [6, 6.07) is 13.9. The van der Waals surface area contributed by atoms with Crippen molar-refractivity contribution in [2.24, 2.45) is 0 Å². The Kier molecular flexibility index (Phi) is 5.43. The molecule has 1 aromatic heterocycles. The van der Waals surface area contributed by atoms with E-state index in [0.717, 1.165) is 25.2 Å². The summed E-state index contributed by atoms with van der Waals surface area (Å²) in [5, 5.41) is 1.06. The Bertz CT molecular complexity index is 1120. The lowest BCUT2D eigenvalue weighted by Gasteiger charge is -2.26. The first-order chi connectivity index (χ1) is 14.0. The van der Waals surface area contributed by atoms with Crippen molar-refractivity contribution in [1.29, 1.82) is 0 Å². The molecule has 29 heavy (non-hydrogen) atoms. The number of quaternary nitrogens is 1. The molecule has 1 aliphatic rings. The van der Waals surface area contributed by atoms with Gasteiger partial charge in [-0.2, -0.15) is 0 Å². The molecule has 1 atom stereocenters. The van der Waals surface area contributed by atoms with Crippen LogP contribution in [-0.2, 0) is 0 Å². The van der Waals surface area contributed by atoms with E-state index in [0.29, 0.717) is 28.1 Å². The van der Waals surface area contributed by atoms with Crippen LogP contribution in [0.5, 0.6) is 0 Å². The van der Waals surface area contributed by atoms with Crippen LogP contribution in [-0.4, -0.2) is 37.0 Å². The van der Waals surface area contributed by atoms with E-state index >= 15 is 0 Å². The molecular weight excluding hydrogens is 388 g/mol. The number of hydrogen-bond donors (Lipinski definition) is 1. The molecule has 1 aliphatic heterocycles. The van der Waals surface area contributed by atoms with E-state index in [1.807, 2.05) is 18.2 Å². The number of nitrogens with zero attached hydrogens (tertiary/aromatic N) is 1. The maximum atomic E-state index is 13.4. The topological polar surface area (TPSA) is 55.0 Å². The van der Waals surface area contributed by atoms with Gasteiger partial charge in [-0.3, -0.25) is 9.59 Å². The van der Waals surface area contributed by atoms with Gasteiger partial charge in [0.25, 0.3) is 5.91 Å². The van der Waals surface area contributed by atoms with Crippen molar-refractivity contribution in [3.05, 3.63) is 80.7 Å². The van der Waals surface area contributed by atoms with E-state index in [2.05, 4.69) is 13.8 Å². The molecule has 2 aromatic carbocycles. The largest absolute Gasteiger partial charge is 0.450 e. The highest BCUT2D eigenvalue weighted by Crippen LogP contribution is 2.38. The molecule has 0 bridgehead atoms. The number of nitrogens with one attached hydrogen (secondary N) is 1. The van der Waals surface area contributed by atoms with Crippen LogP contribution in [0.15, 0.2) is 57.7 Å². The van der Waals surface area contributed by atoms with E-state index in [4.69, 9.17) is 16.0 Å². The molecule has 2 heterocycles. The number of halogens is 1. The molecule has 0 fully saturated rings. The molecule has 5 nitrogen and oxygen atoms in total. The fraction of sp³-hybridized carbons (Fsp3) is 0.304. The Morgan fingerprint density at radius 3 is 2.55 bits per heavy atom. The van der Waals surface area contributed by atoms with Crippen molar-refractivity contribution in [1.82, 2.24) is 4.90 Å². The summed E-state index contributed by atoms with van der Waals surface area (Å²) in [5.41, 5.74) is 1.51. The van der Waals surface area contributed by atoms with Gasteiger partial charge in [0, 0.05) is 5.02 Å². The number of carbonyl (C=O) groups excluding carboxylic acids is 1. The minimum absolute atomic E-state index is 0.147. The van der Waals surface area contributed by atoms with Gasteiger partial charge in [0.2, 0.25) is 5.76 Å². The molecule has 6 heteroatoms. The van der Waals surface area contributed by atoms with E-state index < -0.39 is 6.04 Å². The Hall–Kier alpha value is -2.63. The predicted octanol–water partition coefficient (Wildman–Crippen LogP) is 2.92. The number of likely N-dealkylation sites (N-methyl/N-ethyl adjacent to an activating group) is 1. The van der Waals surface area contributed by atoms with E-state index in [1.54, 1.807) is 35.2 Å². The van der Waals surface area contributed by atoms with Crippen molar-refractivity contribution in [2.45, 2.75) is 19.9 Å². The van der Waals surface area contributed by atoms with Gasteiger partial charge in [-0.05, 0) is 43.7 Å². The number of benzene rings is 2. The van der Waals surface area contributed by atoms with Crippen LogP contribution in [0.4, 0.5) is 0 Å².